The van der Waals surface area contributed by atoms with E-state index >= 15 is 0 Å². The van der Waals surface area contributed by atoms with Gasteiger partial charge in [0.15, 0.2) is 0 Å². The molecule has 0 unspecified atom stereocenters. The minimum absolute atomic E-state index is 0.121. The Morgan fingerprint density at radius 2 is 1.69 bits per heavy atom. The summed E-state index contributed by atoms with van der Waals surface area (Å²) >= 11 is 3.46. The summed E-state index contributed by atoms with van der Waals surface area (Å²) in [7, 11) is -3.95. The summed E-state index contributed by atoms with van der Waals surface area (Å²) in [5.74, 6) is -0.503. The van der Waals surface area contributed by atoms with Gasteiger partial charge in [0.2, 0.25) is 15.6 Å². The second-order valence-electron chi connectivity index (χ2n) is 6.96. The summed E-state index contributed by atoms with van der Waals surface area (Å²) in [5.41, 5.74) is 3.43. The summed E-state index contributed by atoms with van der Waals surface area (Å²) in [5, 5.41) is 0. The Hall–Kier alpha value is -2.70. The molecular weight excluding hydrogens is 450 g/mol. The Morgan fingerprint density at radius 3 is 2.41 bits per heavy atom. The lowest BCUT2D eigenvalue weighted by Gasteiger charge is -2.29. The van der Waals surface area contributed by atoms with E-state index in [-0.39, 0.29) is 9.80 Å². The van der Waals surface area contributed by atoms with Gasteiger partial charge in [-0.25, -0.2) is 8.42 Å². The molecule has 0 aliphatic carbocycles. The van der Waals surface area contributed by atoms with E-state index in [4.69, 9.17) is 0 Å². The van der Waals surface area contributed by atoms with Gasteiger partial charge in [-0.1, -0.05) is 57.9 Å². The molecule has 0 radical (unpaired) electrons. The molecule has 0 saturated carbocycles. The van der Waals surface area contributed by atoms with Gasteiger partial charge in [-0.05, 0) is 49.7 Å². The summed E-state index contributed by atoms with van der Waals surface area (Å²) in [6.45, 7) is 3.75. The van der Waals surface area contributed by atoms with Crippen molar-refractivity contribution in [3.63, 3.8) is 0 Å². The fourth-order valence-corrected chi connectivity index (χ4v) is 5.40. The lowest BCUT2D eigenvalue weighted by atomic mass is 10.0. The predicted octanol–water partition coefficient (Wildman–Crippen LogP) is 5.72. The van der Waals surface area contributed by atoms with Crippen LogP contribution in [0.4, 0.5) is 11.4 Å². The van der Waals surface area contributed by atoms with Gasteiger partial charge in [-0.2, -0.15) is 0 Å². The van der Waals surface area contributed by atoms with Crippen LogP contribution in [0, 0.1) is 13.8 Å². The number of carbonyl (C=O) groups is 1. The molecule has 0 amide bonds. The average molecular weight is 468 g/mol. The number of hydrogen-bond donors (Lipinski definition) is 0. The summed E-state index contributed by atoms with van der Waals surface area (Å²) in [6, 6.07) is 19.6. The van der Waals surface area contributed by atoms with Crippen molar-refractivity contribution in [2.24, 2.45) is 0 Å². The zero-order chi connectivity index (χ0) is 20.8. The van der Waals surface area contributed by atoms with E-state index in [9.17, 15) is 13.2 Å². The monoisotopic (exact) mass is 467 g/mol. The van der Waals surface area contributed by atoms with E-state index in [0.717, 1.165) is 21.3 Å². The molecule has 0 bridgehead atoms. The highest BCUT2D eigenvalue weighted by atomic mass is 79.9. The number of anilines is 2. The summed E-state index contributed by atoms with van der Waals surface area (Å²) < 4.78 is 27.5. The van der Waals surface area contributed by atoms with Gasteiger partial charge < -0.3 is 4.90 Å². The largest absolute Gasteiger partial charge is 0.314 e. The third-order valence-corrected chi connectivity index (χ3v) is 7.17. The zero-order valence-electron chi connectivity index (χ0n) is 15.9. The first-order chi connectivity index (χ1) is 13.8. The molecule has 1 aliphatic heterocycles. The lowest BCUT2D eigenvalue weighted by Crippen LogP contribution is -2.26. The highest BCUT2D eigenvalue weighted by molar-refractivity contribution is 9.10. The standard InChI is InChI=1S/C23H18BrNO3S/c1-15-10-11-19(16(2)12-15)23(26)22-14-25(18-7-5-6-17(24)13-18)20-8-3-4-9-21(20)29(22,27)28/h3-14H,1-2H3. The van der Waals surface area contributed by atoms with Crippen molar-refractivity contribution >= 4 is 42.9 Å². The number of sulfone groups is 1. The van der Waals surface area contributed by atoms with Crippen LogP contribution < -0.4 is 4.90 Å². The number of hydrogen-bond acceptors (Lipinski definition) is 4. The Bertz CT molecular complexity index is 1280. The molecule has 0 aromatic heterocycles. The van der Waals surface area contributed by atoms with Gasteiger partial charge in [0.25, 0.3) is 0 Å². The maximum Gasteiger partial charge on any atom is 0.214 e. The van der Waals surface area contributed by atoms with Gasteiger partial charge in [0, 0.05) is 21.9 Å². The van der Waals surface area contributed by atoms with Crippen LogP contribution in [-0.4, -0.2) is 14.2 Å². The van der Waals surface area contributed by atoms with Crippen molar-refractivity contribution in [2.75, 3.05) is 4.90 Å². The first kappa shape index (κ1) is 19.6. The van der Waals surface area contributed by atoms with Crippen molar-refractivity contribution in [1.29, 1.82) is 0 Å². The number of Topliss-reactive ketones (excluding diaryl/α,β-unsaturated/α-hetero) is 1. The van der Waals surface area contributed by atoms with Crippen molar-refractivity contribution in [3.8, 4) is 0 Å². The average Bonchev–Trinajstić information content (AvgIpc) is 2.68. The fraction of sp³-hybridized carbons (Fsp3) is 0.0870. The van der Waals surface area contributed by atoms with E-state index in [1.807, 2.05) is 50.2 Å². The first-order valence-corrected chi connectivity index (χ1v) is 11.3. The first-order valence-electron chi connectivity index (χ1n) is 9.02. The van der Waals surface area contributed by atoms with Crippen molar-refractivity contribution in [3.05, 3.63) is 99.0 Å². The molecule has 1 aliphatic rings. The number of aryl methyl sites for hydroxylation is 2. The van der Waals surface area contributed by atoms with Crippen LogP contribution in [0.3, 0.4) is 0 Å². The number of benzene rings is 3. The second-order valence-corrected chi connectivity index (χ2v) is 9.76. The highest BCUT2D eigenvalue weighted by Gasteiger charge is 2.36. The number of para-hydroxylation sites is 1. The number of fused-ring (bicyclic) bond motifs is 1. The molecule has 0 fully saturated rings. The number of halogens is 1. The highest BCUT2D eigenvalue weighted by Crippen LogP contribution is 2.40. The van der Waals surface area contributed by atoms with Crippen LogP contribution in [0.1, 0.15) is 21.5 Å². The Kier molecular flexibility index (Phi) is 4.92. The van der Waals surface area contributed by atoms with E-state index < -0.39 is 15.6 Å². The molecule has 29 heavy (non-hydrogen) atoms. The normalized spacial score (nSPS) is 14.9. The number of carbonyl (C=O) groups excluding carboxylic acids is 1. The smallest absolute Gasteiger partial charge is 0.214 e. The quantitative estimate of drug-likeness (QED) is 0.462. The van der Waals surface area contributed by atoms with Crippen LogP contribution >= 0.6 is 15.9 Å². The van der Waals surface area contributed by atoms with Gasteiger partial charge in [0.05, 0.1) is 10.6 Å². The molecule has 3 aromatic carbocycles. The number of allylic oxidation sites excluding steroid dienone is 1. The molecule has 3 aromatic rings. The number of nitrogens with zero attached hydrogens (tertiary/aromatic N) is 1. The van der Waals surface area contributed by atoms with E-state index in [2.05, 4.69) is 15.9 Å². The van der Waals surface area contributed by atoms with Crippen LogP contribution in [0.5, 0.6) is 0 Å². The van der Waals surface area contributed by atoms with Crippen molar-refractivity contribution in [2.45, 2.75) is 18.7 Å². The zero-order valence-corrected chi connectivity index (χ0v) is 18.3. The molecule has 0 atom stereocenters. The lowest BCUT2D eigenvalue weighted by molar-refractivity contribution is 0.104. The molecule has 6 heteroatoms. The van der Waals surface area contributed by atoms with Gasteiger partial charge in [-0.3, -0.25) is 4.79 Å². The minimum atomic E-state index is -3.95. The van der Waals surface area contributed by atoms with Crippen LogP contribution in [-0.2, 0) is 9.84 Å². The molecule has 0 N–H and O–H groups in total. The topological polar surface area (TPSA) is 54.5 Å². The molecule has 1 heterocycles. The third kappa shape index (κ3) is 3.43. The van der Waals surface area contributed by atoms with Gasteiger partial charge >= 0.3 is 0 Å². The predicted molar refractivity (Wildman–Crippen MR) is 118 cm³/mol. The van der Waals surface area contributed by atoms with Crippen LogP contribution in [0.15, 0.2) is 87.2 Å². The molecule has 0 spiro atoms. The molecular formula is C23H18BrNO3S. The van der Waals surface area contributed by atoms with Crippen molar-refractivity contribution in [1.82, 2.24) is 0 Å². The summed E-state index contributed by atoms with van der Waals surface area (Å²) in [6.07, 6.45) is 1.43. The summed E-state index contributed by atoms with van der Waals surface area (Å²) in [4.78, 5) is 15.0. The molecule has 146 valence electrons. The minimum Gasteiger partial charge on any atom is -0.314 e. The molecule has 4 nitrogen and oxygen atoms in total. The maximum atomic E-state index is 13.3. The Balaban J connectivity index is 1.94. The fourth-order valence-electron chi connectivity index (χ4n) is 3.48. The number of ketones is 1. The number of rotatable bonds is 3. The van der Waals surface area contributed by atoms with E-state index in [0.29, 0.717) is 11.3 Å². The van der Waals surface area contributed by atoms with Gasteiger partial charge in [0.1, 0.15) is 4.91 Å². The third-order valence-electron chi connectivity index (χ3n) is 4.89. The van der Waals surface area contributed by atoms with Crippen molar-refractivity contribution < 1.29 is 13.2 Å². The SMILES string of the molecule is Cc1ccc(C(=O)C2=CN(c3cccc(Br)c3)c3ccccc3S2(=O)=O)c(C)c1. The Labute approximate surface area is 178 Å². The maximum absolute atomic E-state index is 13.3. The van der Waals surface area contributed by atoms with E-state index in [1.165, 1.54) is 12.3 Å². The van der Waals surface area contributed by atoms with Gasteiger partial charge in [-0.15, -0.1) is 0 Å². The van der Waals surface area contributed by atoms with Crippen LogP contribution in [0.2, 0.25) is 0 Å². The van der Waals surface area contributed by atoms with Crippen LogP contribution in [0.25, 0.3) is 0 Å². The Morgan fingerprint density at radius 1 is 0.931 bits per heavy atom. The van der Waals surface area contributed by atoms with E-state index in [1.54, 1.807) is 29.2 Å². The second kappa shape index (κ2) is 7.28. The molecule has 4 rings (SSSR count). The molecule has 0 saturated heterocycles.